The minimum absolute atomic E-state index is 0.0255. The van der Waals surface area contributed by atoms with E-state index >= 15 is 0 Å². The summed E-state index contributed by atoms with van der Waals surface area (Å²) in [5.74, 6) is 1.20. The highest BCUT2D eigenvalue weighted by Crippen LogP contribution is 2.40. The molecule has 1 amide bonds. The summed E-state index contributed by atoms with van der Waals surface area (Å²) < 4.78 is 11.0. The van der Waals surface area contributed by atoms with Gasteiger partial charge in [-0.3, -0.25) is 14.9 Å². The predicted molar refractivity (Wildman–Crippen MR) is 140 cm³/mol. The molecule has 0 atom stereocenters. The van der Waals surface area contributed by atoms with Crippen molar-refractivity contribution in [2.45, 2.75) is 63.8 Å². The first-order valence-electron chi connectivity index (χ1n) is 12.5. The number of nitrogens with one attached hydrogen (secondary N) is 1. The summed E-state index contributed by atoms with van der Waals surface area (Å²) in [5, 5.41) is 15.5. The lowest BCUT2D eigenvalue weighted by Gasteiger charge is -2.23. The molecule has 0 spiro atoms. The monoisotopic (exact) mass is 507 g/mol. The zero-order chi connectivity index (χ0) is 25.1. The number of aliphatic imine (C=N–C) groups is 1. The van der Waals surface area contributed by atoms with Crippen LogP contribution in [0.5, 0.6) is 5.75 Å². The van der Waals surface area contributed by atoms with Gasteiger partial charge >= 0.3 is 0 Å². The number of amides is 1. The lowest BCUT2D eigenvalue weighted by molar-refractivity contribution is -0.384. The standard InChI is InChI=1S/C27H29N3O5S/c1-34-18-11-13-20(22(15-18)30(32)33)23-14-12-19(35-23)16-28-27-25(21-9-5-6-10-24(21)36-27)26(31)29-17-7-3-2-4-8-17/h11-17H,2-10H2,1H3,(H,29,31)/b28-16-. The Hall–Kier alpha value is -3.46. The molecule has 0 radical (unpaired) electrons. The molecule has 2 aliphatic carbocycles. The second-order valence-corrected chi connectivity index (χ2v) is 10.4. The maximum Gasteiger partial charge on any atom is 0.284 e. The second kappa shape index (κ2) is 10.7. The Balaban J connectivity index is 1.41. The summed E-state index contributed by atoms with van der Waals surface area (Å²) in [6.07, 6.45) is 11.3. The molecule has 5 rings (SSSR count). The van der Waals surface area contributed by atoms with Gasteiger partial charge < -0.3 is 14.5 Å². The first-order chi connectivity index (χ1) is 17.5. The van der Waals surface area contributed by atoms with Crippen LogP contribution < -0.4 is 10.1 Å². The number of thiophene rings is 1. The highest BCUT2D eigenvalue weighted by Gasteiger charge is 2.27. The van der Waals surface area contributed by atoms with E-state index in [1.54, 1.807) is 41.8 Å². The van der Waals surface area contributed by atoms with Gasteiger partial charge in [-0.25, -0.2) is 4.99 Å². The van der Waals surface area contributed by atoms with Gasteiger partial charge in [-0.2, -0.15) is 0 Å². The van der Waals surface area contributed by atoms with Gasteiger partial charge in [-0.15, -0.1) is 11.3 Å². The van der Waals surface area contributed by atoms with E-state index in [1.807, 2.05) is 0 Å². The number of carbonyl (C=O) groups is 1. The van der Waals surface area contributed by atoms with Gasteiger partial charge in [-0.05, 0) is 68.4 Å². The normalized spacial score (nSPS) is 16.1. The fourth-order valence-electron chi connectivity index (χ4n) is 5.07. The van der Waals surface area contributed by atoms with Gasteiger partial charge in [0.1, 0.15) is 22.3 Å². The number of fused-ring (bicyclic) bond motifs is 1. The van der Waals surface area contributed by atoms with E-state index in [4.69, 9.17) is 9.15 Å². The van der Waals surface area contributed by atoms with Gasteiger partial charge in [0, 0.05) is 10.9 Å². The molecule has 1 aromatic carbocycles. The molecule has 1 saturated carbocycles. The molecule has 2 heterocycles. The molecule has 0 unspecified atom stereocenters. The van der Waals surface area contributed by atoms with Crippen molar-refractivity contribution >= 4 is 34.1 Å². The first-order valence-corrected chi connectivity index (χ1v) is 13.3. The maximum absolute atomic E-state index is 13.3. The molecule has 1 fully saturated rings. The van der Waals surface area contributed by atoms with Crippen molar-refractivity contribution in [2.75, 3.05) is 7.11 Å². The van der Waals surface area contributed by atoms with Crippen LogP contribution in [0.3, 0.4) is 0 Å². The van der Waals surface area contributed by atoms with Crippen molar-refractivity contribution in [2.24, 2.45) is 4.99 Å². The molecule has 8 nitrogen and oxygen atoms in total. The SMILES string of the molecule is COc1ccc(-c2ccc(/C=N\c3sc4c(c3C(=O)NC3CCCCC3)CCCC4)o2)c([N+](=O)[O-])c1. The number of nitro benzene ring substituents is 1. The minimum atomic E-state index is -0.457. The minimum Gasteiger partial charge on any atom is -0.497 e. The molecule has 2 aliphatic rings. The molecule has 2 aromatic heterocycles. The molecule has 0 bridgehead atoms. The van der Waals surface area contributed by atoms with Crippen LogP contribution in [0, 0.1) is 10.1 Å². The zero-order valence-electron chi connectivity index (χ0n) is 20.2. The van der Waals surface area contributed by atoms with Crippen LogP contribution in [0.2, 0.25) is 0 Å². The van der Waals surface area contributed by atoms with Crippen LogP contribution >= 0.6 is 11.3 Å². The lowest BCUT2D eigenvalue weighted by Crippen LogP contribution is -2.36. The lowest BCUT2D eigenvalue weighted by atomic mass is 9.93. The molecule has 9 heteroatoms. The van der Waals surface area contributed by atoms with Crippen molar-refractivity contribution in [3.05, 3.63) is 62.2 Å². The third-order valence-corrected chi connectivity index (χ3v) is 8.12. The van der Waals surface area contributed by atoms with Crippen molar-refractivity contribution < 1.29 is 18.9 Å². The quantitative estimate of drug-likeness (QED) is 0.220. The fourth-order valence-corrected chi connectivity index (χ4v) is 6.30. The molecule has 36 heavy (non-hydrogen) atoms. The van der Waals surface area contributed by atoms with E-state index in [2.05, 4.69) is 10.3 Å². The number of ether oxygens (including phenoxy) is 1. The average molecular weight is 508 g/mol. The molecule has 188 valence electrons. The van der Waals surface area contributed by atoms with E-state index in [0.29, 0.717) is 33.4 Å². The van der Waals surface area contributed by atoms with E-state index in [9.17, 15) is 14.9 Å². The van der Waals surface area contributed by atoms with Crippen LogP contribution in [0.1, 0.15) is 71.5 Å². The number of furan rings is 1. The summed E-state index contributed by atoms with van der Waals surface area (Å²) in [6, 6.07) is 8.28. The molecule has 0 saturated heterocycles. The Kier molecular flexibility index (Phi) is 7.18. The molecule has 3 aromatic rings. The number of benzene rings is 1. The average Bonchev–Trinajstić information content (AvgIpc) is 3.52. The van der Waals surface area contributed by atoms with E-state index in [1.165, 1.54) is 24.5 Å². The van der Waals surface area contributed by atoms with E-state index in [0.717, 1.165) is 56.9 Å². The Bertz CT molecular complexity index is 1300. The van der Waals surface area contributed by atoms with Crippen molar-refractivity contribution in [1.29, 1.82) is 0 Å². The Labute approximate surface area is 213 Å². The summed E-state index contributed by atoms with van der Waals surface area (Å²) in [7, 11) is 1.46. The Morgan fingerprint density at radius 3 is 2.75 bits per heavy atom. The van der Waals surface area contributed by atoms with Crippen LogP contribution in [0.25, 0.3) is 11.3 Å². The van der Waals surface area contributed by atoms with Crippen LogP contribution in [-0.2, 0) is 12.8 Å². The van der Waals surface area contributed by atoms with Crippen molar-refractivity contribution in [3.8, 4) is 17.1 Å². The molecule has 0 aliphatic heterocycles. The maximum atomic E-state index is 13.3. The second-order valence-electron chi connectivity index (χ2n) is 9.30. The van der Waals surface area contributed by atoms with Crippen LogP contribution in [0.4, 0.5) is 10.7 Å². The van der Waals surface area contributed by atoms with Gasteiger partial charge in [0.15, 0.2) is 0 Å². The number of rotatable bonds is 7. The number of hydrogen-bond donors (Lipinski definition) is 1. The summed E-state index contributed by atoms with van der Waals surface area (Å²) in [4.78, 5) is 30.4. The van der Waals surface area contributed by atoms with Gasteiger partial charge in [0.05, 0.1) is 35.4 Å². The predicted octanol–water partition coefficient (Wildman–Crippen LogP) is 6.62. The Morgan fingerprint density at radius 2 is 1.97 bits per heavy atom. The number of methoxy groups -OCH3 is 1. The highest BCUT2D eigenvalue weighted by molar-refractivity contribution is 7.16. The third-order valence-electron chi connectivity index (χ3n) is 6.92. The zero-order valence-corrected chi connectivity index (χ0v) is 21.1. The smallest absolute Gasteiger partial charge is 0.284 e. The fraction of sp³-hybridized carbons (Fsp3) is 0.407. The molecular formula is C27H29N3O5S. The van der Waals surface area contributed by atoms with E-state index in [-0.39, 0.29) is 17.6 Å². The third kappa shape index (κ3) is 5.06. The van der Waals surface area contributed by atoms with E-state index < -0.39 is 4.92 Å². The molecule has 1 N–H and O–H groups in total. The molecular weight excluding hydrogens is 478 g/mol. The highest BCUT2D eigenvalue weighted by atomic mass is 32.1. The Morgan fingerprint density at radius 1 is 1.17 bits per heavy atom. The van der Waals surface area contributed by atoms with Crippen molar-refractivity contribution in [3.63, 3.8) is 0 Å². The number of hydrogen-bond acceptors (Lipinski definition) is 7. The van der Waals surface area contributed by atoms with Gasteiger partial charge in [0.25, 0.3) is 11.6 Å². The number of nitrogens with zero attached hydrogens (tertiary/aromatic N) is 2. The first kappa shape index (κ1) is 24.2. The number of nitro groups is 1. The van der Waals surface area contributed by atoms with Crippen LogP contribution in [-0.4, -0.2) is 30.2 Å². The summed E-state index contributed by atoms with van der Waals surface area (Å²) in [5.41, 5.74) is 2.11. The van der Waals surface area contributed by atoms with Crippen LogP contribution in [0.15, 0.2) is 39.7 Å². The van der Waals surface area contributed by atoms with Gasteiger partial charge in [-0.1, -0.05) is 19.3 Å². The van der Waals surface area contributed by atoms with Crippen molar-refractivity contribution in [1.82, 2.24) is 5.32 Å². The number of carbonyl (C=O) groups excluding carboxylic acids is 1. The number of aryl methyl sites for hydroxylation is 1. The summed E-state index contributed by atoms with van der Waals surface area (Å²) >= 11 is 1.58. The topological polar surface area (TPSA) is 107 Å². The summed E-state index contributed by atoms with van der Waals surface area (Å²) in [6.45, 7) is 0. The van der Waals surface area contributed by atoms with Gasteiger partial charge in [0.2, 0.25) is 0 Å². The largest absolute Gasteiger partial charge is 0.497 e.